The van der Waals surface area contributed by atoms with Gasteiger partial charge in [0.2, 0.25) is 0 Å². The fourth-order valence-corrected chi connectivity index (χ4v) is 2.19. The first-order chi connectivity index (χ1) is 5.52. The average Bonchev–Trinajstić information content (AvgIpc) is 1.96. The van der Waals surface area contributed by atoms with Crippen LogP contribution in [0.25, 0.3) is 0 Å². The van der Waals surface area contributed by atoms with Gasteiger partial charge >= 0.3 is 0 Å². The summed E-state index contributed by atoms with van der Waals surface area (Å²) >= 11 is 6.55. The van der Waals surface area contributed by atoms with Gasteiger partial charge in [-0.25, -0.2) is 0 Å². The summed E-state index contributed by atoms with van der Waals surface area (Å²) in [5.41, 5.74) is 6.38. The summed E-state index contributed by atoms with van der Waals surface area (Å²) in [4.78, 5) is 0. The Kier molecular flexibility index (Phi) is 5.29. The minimum Gasteiger partial charge on any atom is -0.506 e. The molecule has 0 bridgehead atoms. The van der Waals surface area contributed by atoms with E-state index in [1.807, 2.05) is 13.0 Å². The van der Waals surface area contributed by atoms with Crippen molar-refractivity contribution in [2.24, 2.45) is 5.73 Å². The predicted molar refractivity (Wildman–Crippen MR) is 63.4 cm³/mol. The monoisotopic (exact) mass is 329 g/mol. The molecule has 0 amide bonds. The molecule has 0 saturated heterocycles. The number of hydrogen-bond acceptors (Lipinski definition) is 2. The summed E-state index contributed by atoms with van der Waals surface area (Å²) in [6.45, 7) is 1.83. The Labute approximate surface area is 100 Å². The zero-order chi connectivity index (χ0) is 9.30. The van der Waals surface area contributed by atoms with Crippen molar-refractivity contribution in [1.82, 2.24) is 0 Å². The van der Waals surface area contributed by atoms with Crippen molar-refractivity contribution in [3.8, 4) is 5.75 Å². The predicted octanol–water partition coefficient (Wildman–Crippen LogP) is 3.36. The third-order valence-corrected chi connectivity index (χ3v) is 2.61. The van der Waals surface area contributed by atoms with Crippen LogP contribution >= 0.6 is 44.3 Å². The van der Waals surface area contributed by atoms with Crippen molar-refractivity contribution in [2.45, 2.75) is 13.0 Å². The van der Waals surface area contributed by atoms with Crippen LogP contribution in [0.15, 0.2) is 21.1 Å². The lowest BCUT2D eigenvalue weighted by Gasteiger charge is -2.10. The van der Waals surface area contributed by atoms with E-state index in [-0.39, 0.29) is 24.2 Å². The SMILES string of the molecule is C[C@@H](N)c1cc(Br)cc(Br)c1O.Cl. The average molecular weight is 331 g/mol. The number of halogens is 3. The molecule has 0 unspecified atom stereocenters. The minimum absolute atomic E-state index is 0. The molecule has 0 aromatic heterocycles. The third-order valence-electron chi connectivity index (χ3n) is 1.55. The molecule has 0 saturated carbocycles. The quantitative estimate of drug-likeness (QED) is 0.829. The standard InChI is InChI=1S/C8H9Br2NO.ClH/c1-4(11)6-2-5(9)3-7(10)8(6)12;/h2-4,12H,11H2,1H3;1H/t4-;/m1./s1. The van der Waals surface area contributed by atoms with Gasteiger partial charge in [0, 0.05) is 16.1 Å². The Morgan fingerprint density at radius 2 is 1.92 bits per heavy atom. The molecule has 74 valence electrons. The Morgan fingerprint density at radius 1 is 1.38 bits per heavy atom. The normalized spacial score (nSPS) is 12.0. The number of nitrogens with two attached hydrogens (primary N) is 1. The molecule has 13 heavy (non-hydrogen) atoms. The zero-order valence-corrected chi connectivity index (χ0v) is 10.9. The Bertz CT molecular complexity index is 304. The van der Waals surface area contributed by atoms with Gasteiger partial charge in [0.25, 0.3) is 0 Å². The summed E-state index contributed by atoms with van der Waals surface area (Å²) in [5, 5.41) is 9.54. The lowest BCUT2D eigenvalue weighted by atomic mass is 10.1. The van der Waals surface area contributed by atoms with Crippen molar-refractivity contribution in [2.75, 3.05) is 0 Å². The summed E-state index contributed by atoms with van der Waals surface area (Å²) in [6.07, 6.45) is 0. The smallest absolute Gasteiger partial charge is 0.134 e. The van der Waals surface area contributed by atoms with Crippen LogP contribution in [0.4, 0.5) is 0 Å². The molecular formula is C8H10Br2ClNO. The molecule has 0 heterocycles. The number of phenols is 1. The largest absolute Gasteiger partial charge is 0.506 e. The number of aromatic hydroxyl groups is 1. The molecular weight excluding hydrogens is 321 g/mol. The molecule has 3 N–H and O–H groups in total. The van der Waals surface area contributed by atoms with Crippen LogP contribution in [0.2, 0.25) is 0 Å². The highest BCUT2D eigenvalue weighted by Gasteiger charge is 2.10. The summed E-state index contributed by atoms with van der Waals surface area (Å²) in [7, 11) is 0. The van der Waals surface area contributed by atoms with Crippen LogP contribution < -0.4 is 5.73 Å². The van der Waals surface area contributed by atoms with Crippen LogP contribution in [0, 0.1) is 0 Å². The van der Waals surface area contributed by atoms with Gasteiger partial charge in [0.05, 0.1) is 4.47 Å². The van der Waals surface area contributed by atoms with Crippen molar-refractivity contribution in [3.05, 3.63) is 26.6 Å². The van der Waals surface area contributed by atoms with Gasteiger partial charge in [-0.15, -0.1) is 12.4 Å². The lowest BCUT2D eigenvalue weighted by molar-refractivity contribution is 0.460. The van der Waals surface area contributed by atoms with Crippen LogP contribution in [0.3, 0.4) is 0 Å². The molecule has 0 aliphatic rings. The van der Waals surface area contributed by atoms with E-state index in [2.05, 4.69) is 31.9 Å². The third kappa shape index (κ3) is 3.13. The Hall–Kier alpha value is 0.230. The Morgan fingerprint density at radius 3 is 2.38 bits per heavy atom. The molecule has 0 fully saturated rings. The van der Waals surface area contributed by atoms with E-state index in [4.69, 9.17) is 5.73 Å². The lowest BCUT2D eigenvalue weighted by Crippen LogP contribution is -2.05. The minimum atomic E-state index is -0.168. The molecule has 1 atom stereocenters. The highest BCUT2D eigenvalue weighted by Crippen LogP contribution is 2.34. The molecule has 0 aliphatic carbocycles. The van der Waals surface area contributed by atoms with E-state index >= 15 is 0 Å². The second kappa shape index (κ2) is 5.20. The number of benzene rings is 1. The van der Waals surface area contributed by atoms with E-state index in [0.29, 0.717) is 4.47 Å². The van der Waals surface area contributed by atoms with Gasteiger partial charge < -0.3 is 10.8 Å². The van der Waals surface area contributed by atoms with Crippen molar-refractivity contribution in [1.29, 1.82) is 0 Å². The first-order valence-electron chi connectivity index (χ1n) is 3.46. The summed E-state index contributed by atoms with van der Waals surface area (Å²) in [6, 6.07) is 3.42. The molecule has 1 rings (SSSR count). The zero-order valence-electron chi connectivity index (χ0n) is 6.92. The molecule has 0 spiro atoms. The maximum Gasteiger partial charge on any atom is 0.134 e. The number of rotatable bonds is 1. The van der Waals surface area contributed by atoms with Gasteiger partial charge in [-0.3, -0.25) is 0 Å². The first kappa shape index (κ1) is 13.2. The fraction of sp³-hybridized carbons (Fsp3) is 0.250. The van der Waals surface area contributed by atoms with E-state index in [1.54, 1.807) is 6.07 Å². The second-order valence-corrected chi connectivity index (χ2v) is 4.38. The molecule has 0 radical (unpaired) electrons. The van der Waals surface area contributed by atoms with Gasteiger partial charge in [-0.1, -0.05) is 15.9 Å². The van der Waals surface area contributed by atoms with Gasteiger partial charge in [0.1, 0.15) is 5.75 Å². The van der Waals surface area contributed by atoms with Gasteiger partial charge in [0.15, 0.2) is 0 Å². The van der Waals surface area contributed by atoms with Crippen LogP contribution in [-0.4, -0.2) is 5.11 Å². The van der Waals surface area contributed by atoms with Gasteiger partial charge in [-0.2, -0.15) is 0 Å². The fourth-order valence-electron chi connectivity index (χ4n) is 0.933. The number of phenolic OH excluding ortho intramolecular Hbond substituents is 1. The van der Waals surface area contributed by atoms with Crippen molar-refractivity contribution >= 4 is 44.3 Å². The molecule has 0 aliphatic heterocycles. The topological polar surface area (TPSA) is 46.2 Å². The highest BCUT2D eigenvalue weighted by atomic mass is 79.9. The maximum absolute atomic E-state index is 9.54. The van der Waals surface area contributed by atoms with Crippen molar-refractivity contribution < 1.29 is 5.11 Å². The van der Waals surface area contributed by atoms with E-state index in [9.17, 15) is 5.11 Å². The maximum atomic E-state index is 9.54. The van der Waals surface area contributed by atoms with Crippen molar-refractivity contribution in [3.63, 3.8) is 0 Å². The molecule has 1 aromatic rings. The van der Waals surface area contributed by atoms with E-state index < -0.39 is 0 Å². The first-order valence-corrected chi connectivity index (χ1v) is 5.04. The summed E-state index contributed by atoms with van der Waals surface area (Å²) in [5.74, 6) is 0.216. The summed E-state index contributed by atoms with van der Waals surface area (Å²) < 4.78 is 1.56. The van der Waals surface area contributed by atoms with Crippen LogP contribution in [0.5, 0.6) is 5.75 Å². The molecule has 2 nitrogen and oxygen atoms in total. The molecule has 1 aromatic carbocycles. The second-order valence-electron chi connectivity index (χ2n) is 2.61. The van der Waals surface area contributed by atoms with Crippen LogP contribution in [0.1, 0.15) is 18.5 Å². The Balaban J connectivity index is 0.00000144. The van der Waals surface area contributed by atoms with E-state index in [1.165, 1.54) is 0 Å². The number of hydrogen-bond donors (Lipinski definition) is 2. The van der Waals surface area contributed by atoms with E-state index in [0.717, 1.165) is 10.0 Å². The van der Waals surface area contributed by atoms with Gasteiger partial charge in [-0.05, 0) is 35.0 Å². The highest BCUT2D eigenvalue weighted by molar-refractivity contribution is 9.11. The van der Waals surface area contributed by atoms with Crippen LogP contribution in [-0.2, 0) is 0 Å². The molecule has 5 heteroatoms.